The normalized spacial score (nSPS) is 50.9. The highest BCUT2D eigenvalue weighted by molar-refractivity contribution is 5.96. The average Bonchev–Trinajstić information content (AvgIpc) is 2.85. The second kappa shape index (κ2) is 5.34. The molecule has 0 aromatic heterocycles. The highest BCUT2D eigenvalue weighted by Gasteiger charge is 2.61. The van der Waals surface area contributed by atoms with E-state index < -0.39 is 5.60 Å². The Labute approximate surface area is 139 Å². The molecular formula is C20H31NO2. The van der Waals surface area contributed by atoms with Gasteiger partial charge in [0.05, 0.1) is 11.3 Å². The fourth-order valence-corrected chi connectivity index (χ4v) is 7.15. The van der Waals surface area contributed by atoms with Crippen LogP contribution in [0.3, 0.4) is 0 Å². The van der Waals surface area contributed by atoms with Crippen LogP contribution in [0, 0.1) is 29.1 Å². The number of rotatable bonds is 1. The Balaban J connectivity index is 1.64. The van der Waals surface area contributed by atoms with Crippen molar-refractivity contribution < 1.29 is 10.3 Å². The van der Waals surface area contributed by atoms with Crippen molar-refractivity contribution >= 4 is 5.71 Å². The predicted molar refractivity (Wildman–Crippen MR) is 91.5 cm³/mol. The minimum absolute atomic E-state index is 0.168. The maximum Gasteiger partial charge on any atom is 0.0795 e. The second-order valence-electron chi connectivity index (χ2n) is 8.79. The Bertz CT molecular complexity index is 550. The lowest BCUT2D eigenvalue weighted by Gasteiger charge is -2.56. The number of hydrogen-bond donors (Lipinski definition) is 2. The molecule has 128 valence electrons. The number of oxime groups is 1. The first-order chi connectivity index (χ1) is 11.0. The molecule has 0 spiro atoms. The molecule has 0 aliphatic heterocycles. The van der Waals surface area contributed by atoms with Crippen LogP contribution in [0.1, 0.15) is 71.6 Å². The fourth-order valence-electron chi connectivity index (χ4n) is 7.15. The van der Waals surface area contributed by atoms with Crippen molar-refractivity contribution in [2.45, 2.75) is 77.2 Å². The van der Waals surface area contributed by atoms with E-state index >= 15 is 0 Å². The van der Waals surface area contributed by atoms with E-state index in [-0.39, 0.29) is 5.41 Å². The highest BCUT2D eigenvalue weighted by atomic mass is 16.4. The molecule has 0 saturated heterocycles. The van der Waals surface area contributed by atoms with E-state index in [4.69, 9.17) is 5.21 Å². The molecule has 6 atom stereocenters. The van der Waals surface area contributed by atoms with Crippen LogP contribution in [-0.2, 0) is 0 Å². The largest absolute Gasteiger partial charge is 0.411 e. The zero-order valence-corrected chi connectivity index (χ0v) is 14.6. The molecule has 0 bridgehead atoms. The molecule has 3 heteroatoms. The third kappa shape index (κ3) is 2.08. The summed E-state index contributed by atoms with van der Waals surface area (Å²) in [5.41, 5.74) is 2.12. The van der Waals surface area contributed by atoms with Crippen LogP contribution >= 0.6 is 0 Å². The SMILES string of the molecule is CC[C@]12CC[C@H]3[C@@H](CCC4=C/C(=N/O)CC[C@@H]43)[C@@H]1CC[C@]2(C)O. The van der Waals surface area contributed by atoms with Crippen LogP contribution in [0.15, 0.2) is 16.8 Å². The van der Waals surface area contributed by atoms with Gasteiger partial charge in [-0.15, -0.1) is 0 Å². The number of aliphatic hydroxyl groups is 1. The van der Waals surface area contributed by atoms with Crippen LogP contribution < -0.4 is 0 Å². The smallest absolute Gasteiger partial charge is 0.0795 e. The van der Waals surface area contributed by atoms with Gasteiger partial charge in [0.15, 0.2) is 0 Å². The molecule has 0 amide bonds. The molecule has 0 aromatic carbocycles. The molecule has 3 fully saturated rings. The van der Waals surface area contributed by atoms with Gasteiger partial charge < -0.3 is 10.3 Å². The Morgan fingerprint density at radius 2 is 1.96 bits per heavy atom. The van der Waals surface area contributed by atoms with E-state index in [1.54, 1.807) is 5.57 Å². The molecule has 0 radical (unpaired) electrons. The van der Waals surface area contributed by atoms with E-state index in [1.165, 1.54) is 32.1 Å². The van der Waals surface area contributed by atoms with Gasteiger partial charge in [0.2, 0.25) is 0 Å². The molecule has 3 saturated carbocycles. The molecule has 0 heterocycles. The van der Waals surface area contributed by atoms with Crippen LogP contribution in [0.5, 0.6) is 0 Å². The second-order valence-corrected chi connectivity index (χ2v) is 8.79. The molecule has 23 heavy (non-hydrogen) atoms. The summed E-state index contributed by atoms with van der Waals surface area (Å²) in [7, 11) is 0. The lowest BCUT2D eigenvalue weighted by Crippen LogP contribution is -2.52. The number of fused-ring (bicyclic) bond motifs is 5. The van der Waals surface area contributed by atoms with Crippen molar-refractivity contribution in [3.05, 3.63) is 11.6 Å². The summed E-state index contributed by atoms with van der Waals surface area (Å²) >= 11 is 0. The predicted octanol–water partition coefficient (Wildman–Crippen LogP) is 4.53. The monoisotopic (exact) mass is 317 g/mol. The van der Waals surface area contributed by atoms with E-state index in [2.05, 4.69) is 25.1 Å². The Kier molecular flexibility index (Phi) is 3.64. The lowest BCUT2D eigenvalue weighted by molar-refractivity contribution is -0.119. The third-order valence-electron chi connectivity index (χ3n) is 8.30. The first-order valence-corrected chi connectivity index (χ1v) is 9.66. The van der Waals surface area contributed by atoms with Crippen LogP contribution in [0.25, 0.3) is 0 Å². The Morgan fingerprint density at radius 3 is 2.70 bits per heavy atom. The summed E-state index contributed by atoms with van der Waals surface area (Å²) in [5.74, 6) is 3.02. The zero-order valence-electron chi connectivity index (χ0n) is 14.6. The van der Waals surface area contributed by atoms with Gasteiger partial charge in [-0.1, -0.05) is 17.7 Å². The van der Waals surface area contributed by atoms with Gasteiger partial charge >= 0.3 is 0 Å². The van der Waals surface area contributed by atoms with E-state index in [0.717, 1.165) is 49.1 Å². The molecule has 4 rings (SSSR count). The van der Waals surface area contributed by atoms with Crippen molar-refractivity contribution in [3.8, 4) is 0 Å². The number of nitrogens with zero attached hydrogens (tertiary/aromatic N) is 1. The maximum atomic E-state index is 11.1. The first kappa shape index (κ1) is 15.7. The van der Waals surface area contributed by atoms with Crippen molar-refractivity contribution in [1.29, 1.82) is 0 Å². The van der Waals surface area contributed by atoms with Crippen LogP contribution in [0.2, 0.25) is 0 Å². The molecule has 0 unspecified atom stereocenters. The Morgan fingerprint density at radius 1 is 1.13 bits per heavy atom. The highest BCUT2D eigenvalue weighted by Crippen LogP contribution is 2.66. The summed E-state index contributed by atoms with van der Waals surface area (Å²) in [6.07, 6.45) is 12.5. The van der Waals surface area contributed by atoms with Gasteiger partial charge in [0.1, 0.15) is 0 Å². The summed E-state index contributed by atoms with van der Waals surface area (Å²) in [6, 6.07) is 0. The molecule has 0 aromatic rings. The average molecular weight is 317 g/mol. The quantitative estimate of drug-likeness (QED) is 0.551. The van der Waals surface area contributed by atoms with Crippen molar-refractivity contribution in [2.75, 3.05) is 0 Å². The molecule has 2 N–H and O–H groups in total. The molecular weight excluding hydrogens is 286 g/mol. The van der Waals surface area contributed by atoms with E-state index in [0.29, 0.717) is 5.92 Å². The lowest BCUT2D eigenvalue weighted by atomic mass is 9.49. The summed E-state index contributed by atoms with van der Waals surface area (Å²) in [4.78, 5) is 0. The standard InChI is InChI=1S/C20H31NO2/c1-3-20-11-8-16-15-7-5-14(21-23)12-13(15)4-6-17(16)18(20)9-10-19(20,2)22/h12,15-18,22-23H,3-11H2,1-2H3/b21-14+/t15-,16+,17+,18-,19-,20-/m0/s1. The topological polar surface area (TPSA) is 52.8 Å². The van der Waals surface area contributed by atoms with Gasteiger partial charge in [-0.05, 0) is 94.5 Å². The van der Waals surface area contributed by atoms with Crippen molar-refractivity contribution in [2.24, 2.45) is 34.2 Å². The fraction of sp³-hybridized carbons (Fsp3) is 0.850. The van der Waals surface area contributed by atoms with Gasteiger partial charge in [0.25, 0.3) is 0 Å². The van der Waals surface area contributed by atoms with Gasteiger partial charge in [-0.3, -0.25) is 0 Å². The molecule has 4 aliphatic rings. The molecule has 4 aliphatic carbocycles. The van der Waals surface area contributed by atoms with Crippen molar-refractivity contribution in [1.82, 2.24) is 0 Å². The molecule has 3 nitrogen and oxygen atoms in total. The van der Waals surface area contributed by atoms with E-state index in [1.807, 2.05) is 0 Å². The zero-order chi connectivity index (χ0) is 16.2. The van der Waals surface area contributed by atoms with Crippen LogP contribution in [0.4, 0.5) is 0 Å². The van der Waals surface area contributed by atoms with Gasteiger partial charge in [-0.25, -0.2) is 0 Å². The summed E-state index contributed by atoms with van der Waals surface area (Å²) in [5, 5.41) is 23.6. The first-order valence-electron chi connectivity index (χ1n) is 9.66. The minimum Gasteiger partial charge on any atom is -0.411 e. The minimum atomic E-state index is -0.462. The van der Waals surface area contributed by atoms with E-state index in [9.17, 15) is 5.11 Å². The van der Waals surface area contributed by atoms with Gasteiger partial charge in [0, 0.05) is 5.41 Å². The maximum absolute atomic E-state index is 11.1. The summed E-state index contributed by atoms with van der Waals surface area (Å²) in [6.45, 7) is 4.40. The third-order valence-corrected chi connectivity index (χ3v) is 8.30. The van der Waals surface area contributed by atoms with Crippen molar-refractivity contribution in [3.63, 3.8) is 0 Å². The van der Waals surface area contributed by atoms with Gasteiger partial charge in [-0.2, -0.15) is 0 Å². The Hall–Kier alpha value is -0.830. The summed E-state index contributed by atoms with van der Waals surface area (Å²) < 4.78 is 0. The number of allylic oxidation sites excluding steroid dienone is 2. The number of hydrogen-bond acceptors (Lipinski definition) is 3. The van der Waals surface area contributed by atoms with Crippen LogP contribution in [-0.4, -0.2) is 21.6 Å².